The van der Waals surface area contributed by atoms with E-state index in [1.165, 1.54) is 6.42 Å². The van der Waals surface area contributed by atoms with Crippen LogP contribution in [-0.4, -0.2) is 53.7 Å². The zero-order chi connectivity index (χ0) is 20.6. The number of hydrogen-bond donors (Lipinski definition) is 1. The molecule has 2 fully saturated rings. The maximum absolute atomic E-state index is 12.7. The number of carbonyl (C=O) groups is 3. The van der Waals surface area contributed by atoms with Crippen molar-refractivity contribution < 1.29 is 14.4 Å². The molecule has 0 aliphatic carbocycles. The first kappa shape index (κ1) is 21.3. The standard InChI is InChI=1S/C23H33N3O3/c1-2-8-21(27)26-14-7-11-20(17-26)22(28)24-16-18-9-6-10-19(15-18)23(29)25-12-4-3-5-13-25/h6,9-10,15,20H,2-5,7-8,11-14,16-17H2,1H3,(H,24,28). The fourth-order valence-electron chi connectivity index (χ4n) is 4.22. The highest BCUT2D eigenvalue weighted by Gasteiger charge is 2.28. The Hall–Kier alpha value is -2.37. The van der Waals surface area contributed by atoms with Crippen molar-refractivity contribution in [1.29, 1.82) is 0 Å². The lowest BCUT2D eigenvalue weighted by molar-refractivity contribution is -0.135. The van der Waals surface area contributed by atoms with Gasteiger partial charge in [-0.15, -0.1) is 0 Å². The Balaban J connectivity index is 1.53. The first-order chi connectivity index (χ1) is 14.1. The summed E-state index contributed by atoms with van der Waals surface area (Å²) in [6, 6.07) is 7.55. The monoisotopic (exact) mass is 399 g/mol. The van der Waals surface area contributed by atoms with Crippen LogP contribution in [0.4, 0.5) is 0 Å². The third kappa shape index (κ3) is 5.81. The van der Waals surface area contributed by atoms with Gasteiger partial charge in [0.15, 0.2) is 0 Å². The molecule has 2 aliphatic rings. The average Bonchev–Trinajstić information content (AvgIpc) is 2.78. The molecule has 6 heteroatoms. The maximum atomic E-state index is 12.7. The molecule has 0 spiro atoms. The Morgan fingerprint density at radius 3 is 2.55 bits per heavy atom. The molecular weight excluding hydrogens is 366 g/mol. The molecule has 1 aromatic rings. The highest BCUT2D eigenvalue weighted by molar-refractivity contribution is 5.94. The van der Waals surface area contributed by atoms with Crippen molar-refractivity contribution >= 4 is 17.7 Å². The Morgan fingerprint density at radius 2 is 1.79 bits per heavy atom. The van der Waals surface area contributed by atoms with Crippen LogP contribution in [0.15, 0.2) is 24.3 Å². The summed E-state index contributed by atoms with van der Waals surface area (Å²) >= 11 is 0. The second kappa shape index (κ2) is 10.4. The van der Waals surface area contributed by atoms with E-state index in [4.69, 9.17) is 0 Å². The molecule has 1 unspecified atom stereocenters. The van der Waals surface area contributed by atoms with E-state index in [1.54, 1.807) is 0 Å². The minimum atomic E-state index is -0.150. The van der Waals surface area contributed by atoms with Crippen LogP contribution in [0.5, 0.6) is 0 Å². The minimum absolute atomic E-state index is 0.00763. The van der Waals surface area contributed by atoms with E-state index in [0.29, 0.717) is 25.1 Å². The van der Waals surface area contributed by atoms with Gasteiger partial charge in [-0.1, -0.05) is 19.1 Å². The van der Waals surface area contributed by atoms with Crippen molar-refractivity contribution in [2.45, 2.75) is 58.4 Å². The van der Waals surface area contributed by atoms with E-state index in [2.05, 4.69) is 5.32 Å². The van der Waals surface area contributed by atoms with Gasteiger partial charge in [0.2, 0.25) is 11.8 Å². The molecule has 2 aliphatic heterocycles. The summed E-state index contributed by atoms with van der Waals surface area (Å²) in [6.45, 7) is 5.32. The minimum Gasteiger partial charge on any atom is -0.352 e. The summed E-state index contributed by atoms with van der Waals surface area (Å²) in [5, 5.41) is 3.00. The number of piperidine rings is 2. The number of hydrogen-bond acceptors (Lipinski definition) is 3. The quantitative estimate of drug-likeness (QED) is 0.800. The SMILES string of the molecule is CCCC(=O)N1CCCC(C(=O)NCc2cccc(C(=O)N3CCCCC3)c2)C1. The lowest BCUT2D eigenvalue weighted by Gasteiger charge is -2.32. The lowest BCUT2D eigenvalue weighted by atomic mass is 9.96. The van der Waals surface area contributed by atoms with Crippen LogP contribution < -0.4 is 5.32 Å². The van der Waals surface area contributed by atoms with Crippen LogP contribution in [0.25, 0.3) is 0 Å². The highest BCUT2D eigenvalue weighted by Crippen LogP contribution is 2.18. The average molecular weight is 400 g/mol. The van der Waals surface area contributed by atoms with E-state index in [0.717, 1.165) is 57.3 Å². The van der Waals surface area contributed by atoms with Crippen LogP contribution in [0.2, 0.25) is 0 Å². The summed E-state index contributed by atoms with van der Waals surface area (Å²) < 4.78 is 0. The molecular formula is C23H33N3O3. The second-order valence-electron chi connectivity index (χ2n) is 8.20. The Labute approximate surface area is 173 Å². The molecule has 2 heterocycles. The Morgan fingerprint density at radius 1 is 1.03 bits per heavy atom. The Kier molecular flexibility index (Phi) is 7.67. The predicted octanol–water partition coefficient (Wildman–Crippen LogP) is 2.97. The fraction of sp³-hybridized carbons (Fsp3) is 0.609. The van der Waals surface area contributed by atoms with Crippen LogP contribution in [0.3, 0.4) is 0 Å². The van der Waals surface area contributed by atoms with Crippen LogP contribution >= 0.6 is 0 Å². The molecule has 158 valence electrons. The zero-order valence-electron chi connectivity index (χ0n) is 17.5. The van der Waals surface area contributed by atoms with E-state index < -0.39 is 0 Å². The van der Waals surface area contributed by atoms with Gasteiger partial charge in [0.1, 0.15) is 0 Å². The zero-order valence-corrected chi connectivity index (χ0v) is 17.5. The van der Waals surface area contributed by atoms with Crippen LogP contribution in [0.1, 0.15) is 67.8 Å². The third-order valence-electron chi connectivity index (χ3n) is 5.89. The smallest absolute Gasteiger partial charge is 0.253 e. The van der Waals surface area contributed by atoms with Crippen molar-refractivity contribution in [3.8, 4) is 0 Å². The number of nitrogens with zero attached hydrogens (tertiary/aromatic N) is 2. The van der Waals surface area contributed by atoms with Gasteiger partial charge in [0.25, 0.3) is 5.91 Å². The molecule has 1 aromatic carbocycles. The number of benzene rings is 1. The summed E-state index contributed by atoms with van der Waals surface area (Å²) in [5.74, 6) is 0.0682. The number of rotatable bonds is 6. The second-order valence-corrected chi connectivity index (χ2v) is 8.20. The topological polar surface area (TPSA) is 69.7 Å². The van der Waals surface area contributed by atoms with E-state index in [-0.39, 0.29) is 23.6 Å². The Bertz CT molecular complexity index is 728. The predicted molar refractivity (Wildman–Crippen MR) is 112 cm³/mol. The van der Waals surface area contributed by atoms with Crippen LogP contribution in [0, 0.1) is 5.92 Å². The summed E-state index contributed by atoms with van der Waals surface area (Å²) in [4.78, 5) is 41.2. The number of likely N-dealkylation sites (tertiary alicyclic amines) is 2. The van der Waals surface area contributed by atoms with Gasteiger partial charge in [0.05, 0.1) is 5.92 Å². The molecule has 3 amide bonds. The summed E-state index contributed by atoms with van der Waals surface area (Å²) in [6.07, 6.45) is 6.40. The molecule has 3 rings (SSSR count). The van der Waals surface area contributed by atoms with Gasteiger partial charge < -0.3 is 15.1 Å². The molecule has 0 aromatic heterocycles. The molecule has 0 saturated carbocycles. The fourth-order valence-corrected chi connectivity index (χ4v) is 4.22. The molecule has 0 radical (unpaired) electrons. The van der Waals surface area contributed by atoms with Gasteiger partial charge in [-0.05, 0) is 56.2 Å². The molecule has 29 heavy (non-hydrogen) atoms. The maximum Gasteiger partial charge on any atom is 0.253 e. The van der Waals surface area contributed by atoms with Crippen molar-refractivity contribution in [3.05, 3.63) is 35.4 Å². The third-order valence-corrected chi connectivity index (χ3v) is 5.89. The van der Waals surface area contributed by atoms with E-state index in [9.17, 15) is 14.4 Å². The highest BCUT2D eigenvalue weighted by atomic mass is 16.2. The number of nitrogens with one attached hydrogen (secondary N) is 1. The first-order valence-corrected chi connectivity index (χ1v) is 11.0. The summed E-state index contributed by atoms with van der Waals surface area (Å²) in [7, 11) is 0. The van der Waals surface area contributed by atoms with Gasteiger partial charge in [-0.2, -0.15) is 0 Å². The molecule has 1 N–H and O–H groups in total. The molecule has 6 nitrogen and oxygen atoms in total. The lowest BCUT2D eigenvalue weighted by Crippen LogP contribution is -2.45. The summed E-state index contributed by atoms with van der Waals surface area (Å²) in [5.41, 5.74) is 1.61. The van der Waals surface area contributed by atoms with Gasteiger partial charge in [-0.3, -0.25) is 14.4 Å². The van der Waals surface area contributed by atoms with Crippen molar-refractivity contribution in [3.63, 3.8) is 0 Å². The van der Waals surface area contributed by atoms with Crippen molar-refractivity contribution in [2.75, 3.05) is 26.2 Å². The van der Waals surface area contributed by atoms with Crippen molar-refractivity contribution in [2.24, 2.45) is 5.92 Å². The van der Waals surface area contributed by atoms with E-state index >= 15 is 0 Å². The number of carbonyl (C=O) groups excluding carboxylic acids is 3. The van der Waals surface area contributed by atoms with Crippen LogP contribution in [-0.2, 0) is 16.1 Å². The molecule has 2 saturated heterocycles. The van der Waals surface area contributed by atoms with Gasteiger partial charge in [0, 0.05) is 44.7 Å². The molecule has 1 atom stereocenters. The van der Waals surface area contributed by atoms with Gasteiger partial charge >= 0.3 is 0 Å². The number of amides is 3. The molecule has 0 bridgehead atoms. The normalized spacial score (nSPS) is 19.7. The van der Waals surface area contributed by atoms with Gasteiger partial charge in [-0.25, -0.2) is 0 Å². The largest absolute Gasteiger partial charge is 0.352 e. The van der Waals surface area contributed by atoms with E-state index in [1.807, 2.05) is 41.0 Å². The first-order valence-electron chi connectivity index (χ1n) is 11.0. The van der Waals surface area contributed by atoms with Crippen molar-refractivity contribution in [1.82, 2.24) is 15.1 Å².